The van der Waals surface area contributed by atoms with E-state index in [1.54, 1.807) is 0 Å². The minimum absolute atomic E-state index is 0.0293. The van der Waals surface area contributed by atoms with Gasteiger partial charge in [-0.25, -0.2) is 0 Å². The Morgan fingerprint density at radius 2 is 1.26 bits per heavy atom. The average Bonchev–Trinajstić information content (AvgIpc) is 2.44. The van der Waals surface area contributed by atoms with Crippen LogP contribution in [0.5, 0.6) is 0 Å². The Bertz CT molecular complexity index is 183. The van der Waals surface area contributed by atoms with E-state index in [0.717, 1.165) is 19.4 Å². The third kappa shape index (κ3) is 11.3. The Labute approximate surface area is 116 Å². The highest BCUT2D eigenvalue weighted by Gasteiger charge is 2.21. The lowest BCUT2D eigenvalue weighted by molar-refractivity contribution is -0.00396. The molecule has 0 aromatic heterocycles. The van der Waals surface area contributed by atoms with Crippen LogP contribution < -0.4 is 0 Å². The molecule has 0 unspecified atom stereocenters. The van der Waals surface area contributed by atoms with Crippen LogP contribution in [0.2, 0.25) is 0 Å². The summed E-state index contributed by atoms with van der Waals surface area (Å²) in [5, 5.41) is 18.2. The van der Waals surface area contributed by atoms with Crippen molar-refractivity contribution in [3.8, 4) is 0 Å². The van der Waals surface area contributed by atoms with Crippen LogP contribution in [0.4, 0.5) is 0 Å². The molecule has 0 atom stereocenters. The van der Waals surface area contributed by atoms with E-state index in [1.165, 1.54) is 0 Å². The number of aliphatic hydroxyl groups is 2. The maximum atomic E-state index is 9.09. The molecule has 0 saturated heterocycles. The molecule has 0 rings (SSSR count). The second-order valence-electron chi connectivity index (χ2n) is 5.07. The first-order chi connectivity index (χ1) is 9.18. The van der Waals surface area contributed by atoms with Crippen molar-refractivity contribution in [3.05, 3.63) is 0 Å². The largest absolute Gasteiger partial charge is 0.396 e. The monoisotopic (exact) mass is 278 g/mol. The maximum absolute atomic E-state index is 9.09. The van der Waals surface area contributed by atoms with Crippen LogP contribution in [-0.4, -0.2) is 63.1 Å². The molecule has 0 aromatic carbocycles. The molecule has 0 aromatic rings. The molecule has 0 aliphatic rings. The van der Waals surface area contributed by atoms with Crippen LogP contribution in [0.15, 0.2) is 0 Å². The highest BCUT2D eigenvalue weighted by Crippen LogP contribution is 2.18. The van der Waals surface area contributed by atoms with E-state index < -0.39 is 5.41 Å². The summed E-state index contributed by atoms with van der Waals surface area (Å²) in [5.41, 5.74) is -0.450. The molecule has 0 aliphatic heterocycles. The summed E-state index contributed by atoms with van der Waals surface area (Å²) in [7, 11) is 0. The van der Waals surface area contributed by atoms with Gasteiger partial charge in [0.25, 0.3) is 0 Å². The van der Waals surface area contributed by atoms with Crippen molar-refractivity contribution in [2.45, 2.75) is 33.1 Å². The van der Waals surface area contributed by atoms with E-state index in [4.69, 9.17) is 24.4 Å². The quantitative estimate of drug-likeness (QED) is 0.468. The molecule has 0 radical (unpaired) electrons. The fraction of sp³-hybridized carbons (Fsp3) is 1.00. The fourth-order valence-electron chi connectivity index (χ4n) is 1.31. The molecule has 5 nitrogen and oxygen atoms in total. The summed E-state index contributed by atoms with van der Waals surface area (Å²) < 4.78 is 16.1. The van der Waals surface area contributed by atoms with Gasteiger partial charge in [0.2, 0.25) is 0 Å². The van der Waals surface area contributed by atoms with Crippen LogP contribution in [0.25, 0.3) is 0 Å². The van der Waals surface area contributed by atoms with E-state index in [-0.39, 0.29) is 13.2 Å². The van der Waals surface area contributed by atoms with Gasteiger partial charge in [0.15, 0.2) is 0 Å². The van der Waals surface area contributed by atoms with Crippen LogP contribution in [0.3, 0.4) is 0 Å². The van der Waals surface area contributed by atoms with Gasteiger partial charge in [0.05, 0.1) is 39.6 Å². The van der Waals surface area contributed by atoms with E-state index >= 15 is 0 Å². The molecule has 19 heavy (non-hydrogen) atoms. The minimum atomic E-state index is -0.450. The summed E-state index contributed by atoms with van der Waals surface area (Å²) in [6, 6.07) is 0. The first-order valence-corrected chi connectivity index (χ1v) is 7.13. The molecular weight excluding hydrogens is 248 g/mol. The zero-order valence-electron chi connectivity index (χ0n) is 12.4. The molecule has 0 fully saturated rings. The third-order valence-electron chi connectivity index (χ3n) is 3.00. The summed E-state index contributed by atoms with van der Waals surface area (Å²) >= 11 is 0. The van der Waals surface area contributed by atoms with Crippen molar-refractivity contribution >= 4 is 0 Å². The molecule has 0 amide bonds. The van der Waals surface area contributed by atoms with Crippen molar-refractivity contribution < 1.29 is 24.4 Å². The lowest BCUT2D eigenvalue weighted by Gasteiger charge is -2.24. The fourth-order valence-corrected chi connectivity index (χ4v) is 1.31. The van der Waals surface area contributed by atoms with Crippen LogP contribution in [-0.2, 0) is 14.2 Å². The molecular formula is C14H30O5. The number of hydrogen-bond donors (Lipinski definition) is 2. The molecule has 2 N–H and O–H groups in total. The van der Waals surface area contributed by atoms with E-state index in [1.807, 2.05) is 6.92 Å². The Morgan fingerprint density at radius 3 is 1.74 bits per heavy atom. The zero-order chi connectivity index (χ0) is 14.4. The lowest BCUT2D eigenvalue weighted by Crippen LogP contribution is -2.27. The Balaban J connectivity index is 3.19. The van der Waals surface area contributed by atoms with Gasteiger partial charge in [0, 0.05) is 18.6 Å². The van der Waals surface area contributed by atoms with Crippen molar-refractivity contribution in [1.29, 1.82) is 0 Å². The second-order valence-corrected chi connectivity index (χ2v) is 5.07. The number of rotatable bonds is 14. The SMILES string of the molecule is CCCCOCCOCCOCCC(C)(CO)CO. The first-order valence-electron chi connectivity index (χ1n) is 7.13. The summed E-state index contributed by atoms with van der Waals surface area (Å²) in [4.78, 5) is 0. The van der Waals surface area contributed by atoms with E-state index in [2.05, 4.69) is 6.92 Å². The summed E-state index contributed by atoms with van der Waals surface area (Å²) in [5.74, 6) is 0. The normalized spacial score (nSPS) is 12.0. The molecule has 0 heterocycles. The van der Waals surface area contributed by atoms with Crippen molar-refractivity contribution in [2.75, 3.05) is 52.9 Å². The predicted molar refractivity (Wildman–Crippen MR) is 74.3 cm³/mol. The molecule has 116 valence electrons. The van der Waals surface area contributed by atoms with Gasteiger partial charge >= 0.3 is 0 Å². The smallest absolute Gasteiger partial charge is 0.0701 e. The third-order valence-corrected chi connectivity index (χ3v) is 3.00. The number of hydrogen-bond acceptors (Lipinski definition) is 5. The van der Waals surface area contributed by atoms with Crippen molar-refractivity contribution in [1.82, 2.24) is 0 Å². The topological polar surface area (TPSA) is 68.2 Å². The molecule has 5 heteroatoms. The van der Waals surface area contributed by atoms with Gasteiger partial charge < -0.3 is 24.4 Å². The standard InChI is InChI=1S/C14H30O5/c1-3-4-6-17-8-10-19-11-9-18-7-5-14(2,12-15)13-16/h15-16H,3-13H2,1-2H3. The Kier molecular flexibility index (Phi) is 12.7. The average molecular weight is 278 g/mol. The zero-order valence-corrected chi connectivity index (χ0v) is 12.4. The van der Waals surface area contributed by atoms with Crippen LogP contribution in [0.1, 0.15) is 33.1 Å². The highest BCUT2D eigenvalue weighted by molar-refractivity contribution is 4.71. The van der Waals surface area contributed by atoms with Crippen molar-refractivity contribution in [2.24, 2.45) is 5.41 Å². The number of ether oxygens (including phenoxy) is 3. The Morgan fingerprint density at radius 1 is 0.789 bits per heavy atom. The van der Waals surface area contributed by atoms with Crippen molar-refractivity contribution in [3.63, 3.8) is 0 Å². The van der Waals surface area contributed by atoms with Gasteiger partial charge in [-0.05, 0) is 12.8 Å². The summed E-state index contributed by atoms with van der Waals surface area (Å²) in [6.45, 7) is 7.54. The van der Waals surface area contributed by atoms with Crippen LogP contribution in [0, 0.1) is 5.41 Å². The first kappa shape index (κ1) is 18.8. The van der Waals surface area contributed by atoms with Crippen LogP contribution >= 0.6 is 0 Å². The Hall–Kier alpha value is -0.200. The number of unbranched alkanes of at least 4 members (excludes halogenated alkanes) is 1. The maximum Gasteiger partial charge on any atom is 0.0701 e. The van der Waals surface area contributed by atoms with E-state index in [0.29, 0.717) is 39.5 Å². The minimum Gasteiger partial charge on any atom is -0.396 e. The number of aliphatic hydroxyl groups excluding tert-OH is 2. The molecule has 0 aliphatic carbocycles. The second kappa shape index (κ2) is 12.8. The van der Waals surface area contributed by atoms with Gasteiger partial charge in [-0.15, -0.1) is 0 Å². The van der Waals surface area contributed by atoms with Gasteiger partial charge in [-0.3, -0.25) is 0 Å². The van der Waals surface area contributed by atoms with Gasteiger partial charge in [0.1, 0.15) is 0 Å². The summed E-state index contributed by atoms with van der Waals surface area (Å²) in [6.07, 6.45) is 2.88. The van der Waals surface area contributed by atoms with E-state index in [9.17, 15) is 0 Å². The molecule has 0 saturated carbocycles. The van der Waals surface area contributed by atoms with Gasteiger partial charge in [-0.1, -0.05) is 20.3 Å². The predicted octanol–water partition coefficient (Wildman–Crippen LogP) is 1.22. The molecule has 0 bridgehead atoms. The molecule has 0 spiro atoms. The highest BCUT2D eigenvalue weighted by atomic mass is 16.5. The lowest BCUT2D eigenvalue weighted by atomic mass is 9.89. The van der Waals surface area contributed by atoms with Gasteiger partial charge in [-0.2, -0.15) is 0 Å².